The maximum absolute atomic E-state index is 12.9. The second-order valence-electron chi connectivity index (χ2n) is 9.33. The quantitative estimate of drug-likeness (QED) is 0.0437. The van der Waals surface area contributed by atoms with Crippen LogP contribution in [0.15, 0.2) is 95.9 Å². The molecule has 0 aliphatic rings. The van der Waals surface area contributed by atoms with E-state index in [4.69, 9.17) is 42.1 Å². The molecule has 3 aromatic rings. The highest BCUT2D eigenvalue weighted by Crippen LogP contribution is 2.38. The number of halogens is 2. The molecule has 8 nitrogen and oxygen atoms in total. The van der Waals surface area contributed by atoms with Crippen molar-refractivity contribution in [2.75, 3.05) is 26.4 Å². The first-order valence-corrected chi connectivity index (χ1v) is 15.7. The molecule has 0 aromatic heterocycles. The number of hydrogen-bond acceptors (Lipinski definition) is 9. The van der Waals surface area contributed by atoms with Gasteiger partial charge < -0.3 is 18.9 Å². The van der Waals surface area contributed by atoms with Gasteiger partial charge in [-0.25, -0.2) is 9.59 Å². The highest BCUT2D eigenvalue weighted by molar-refractivity contribution is 8.14. The largest absolute Gasteiger partial charge is 0.494 e. The summed E-state index contributed by atoms with van der Waals surface area (Å²) in [6.07, 6.45) is 6.73. The Kier molecular flexibility index (Phi) is 15.2. The van der Waals surface area contributed by atoms with Crippen LogP contribution in [-0.2, 0) is 19.1 Å². The minimum absolute atomic E-state index is 0.174. The van der Waals surface area contributed by atoms with E-state index in [1.165, 1.54) is 0 Å². The molecule has 3 rings (SSSR count). The Balaban J connectivity index is 1.46. The van der Waals surface area contributed by atoms with E-state index in [0.717, 1.165) is 35.9 Å². The third-order valence-corrected chi connectivity index (χ3v) is 7.42. The second kappa shape index (κ2) is 19.4. The average molecular weight is 671 g/mol. The summed E-state index contributed by atoms with van der Waals surface area (Å²) in [5, 5.41) is 0.457. The predicted octanol–water partition coefficient (Wildman–Crippen LogP) is 8.45. The van der Waals surface area contributed by atoms with Crippen LogP contribution < -0.4 is 9.47 Å². The summed E-state index contributed by atoms with van der Waals surface area (Å²) in [4.78, 5) is 39.9. The fourth-order valence-corrected chi connectivity index (χ4v) is 5.15. The molecule has 0 aliphatic heterocycles. The summed E-state index contributed by atoms with van der Waals surface area (Å²) in [6, 6.07) is 17.5. The van der Waals surface area contributed by atoms with Crippen LogP contribution in [0.3, 0.4) is 0 Å². The number of aliphatic imine (C=N–C) groups is 1. The Morgan fingerprint density at radius 3 is 1.67 bits per heavy atom. The molecular formula is C34H33Cl2NO7S. The summed E-state index contributed by atoms with van der Waals surface area (Å²) in [6.45, 7) is 8.30. The molecule has 11 heteroatoms. The number of unbranched alkanes of at least 4 members (excludes halogenated alkanes) is 2. The van der Waals surface area contributed by atoms with Gasteiger partial charge in [-0.2, -0.15) is 0 Å². The van der Waals surface area contributed by atoms with E-state index in [1.807, 2.05) is 24.3 Å². The van der Waals surface area contributed by atoms with Crippen LogP contribution in [0.4, 0.5) is 5.69 Å². The maximum atomic E-state index is 12.9. The zero-order valence-electron chi connectivity index (χ0n) is 24.5. The van der Waals surface area contributed by atoms with Crippen molar-refractivity contribution >= 4 is 63.9 Å². The van der Waals surface area contributed by atoms with Gasteiger partial charge in [-0.05, 0) is 104 Å². The lowest BCUT2D eigenvalue weighted by Crippen LogP contribution is -2.04. The van der Waals surface area contributed by atoms with E-state index in [-0.39, 0.29) is 5.12 Å². The smallest absolute Gasteiger partial charge is 0.330 e. The molecular weight excluding hydrogens is 637 g/mol. The molecule has 0 saturated carbocycles. The third-order valence-electron chi connectivity index (χ3n) is 5.95. The Morgan fingerprint density at radius 2 is 1.18 bits per heavy atom. The number of rotatable bonds is 18. The Labute approximate surface area is 277 Å². The summed E-state index contributed by atoms with van der Waals surface area (Å²) >= 11 is 14.0. The van der Waals surface area contributed by atoms with Crippen molar-refractivity contribution in [2.45, 2.75) is 30.6 Å². The van der Waals surface area contributed by atoms with Gasteiger partial charge in [-0.1, -0.05) is 36.4 Å². The summed E-state index contributed by atoms with van der Waals surface area (Å²) in [5.41, 5.74) is 1.72. The average Bonchev–Trinajstić information content (AvgIpc) is 3.04. The number of carbonyl (C=O) groups is 3. The van der Waals surface area contributed by atoms with Crippen LogP contribution in [0.2, 0.25) is 10.0 Å². The van der Waals surface area contributed by atoms with Crippen LogP contribution in [-0.4, -0.2) is 49.7 Å². The molecule has 3 aromatic carbocycles. The van der Waals surface area contributed by atoms with E-state index in [2.05, 4.69) is 18.2 Å². The SMILES string of the molecule is C=CC(=O)OCCCCOc1ccc(/C=N/c2c(Cl)cc(SC(=O)c3ccc(OCCCCOC(=O)C=C)cc3)cc2Cl)cc1. The normalized spacial score (nSPS) is 10.7. The zero-order chi connectivity index (χ0) is 32.4. The molecule has 0 spiro atoms. The van der Waals surface area contributed by atoms with Crippen LogP contribution in [0, 0.1) is 0 Å². The lowest BCUT2D eigenvalue weighted by atomic mass is 10.2. The van der Waals surface area contributed by atoms with Gasteiger partial charge >= 0.3 is 11.9 Å². The van der Waals surface area contributed by atoms with E-state index in [1.54, 1.807) is 42.6 Å². The first kappa shape index (κ1) is 35.4. The molecule has 0 unspecified atom stereocenters. The molecule has 0 aliphatic carbocycles. The third kappa shape index (κ3) is 12.8. The Morgan fingerprint density at radius 1 is 0.711 bits per heavy atom. The van der Waals surface area contributed by atoms with Crippen LogP contribution in [0.25, 0.3) is 0 Å². The van der Waals surface area contributed by atoms with Gasteiger partial charge in [0.15, 0.2) is 0 Å². The molecule has 0 atom stereocenters. The Hall–Kier alpha value is -4.05. The summed E-state index contributed by atoms with van der Waals surface area (Å²) in [7, 11) is 0. The van der Waals surface area contributed by atoms with Crippen molar-refractivity contribution in [3.05, 3.63) is 107 Å². The van der Waals surface area contributed by atoms with Crippen LogP contribution in [0.5, 0.6) is 11.5 Å². The van der Waals surface area contributed by atoms with Crippen molar-refractivity contribution in [1.29, 1.82) is 0 Å². The highest BCUT2D eigenvalue weighted by atomic mass is 35.5. The number of thioether (sulfide) groups is 1. The number of ether oxygens (including phenoxy) is 4. The lowest BCUT2D eigenvalue weighted by molar-refractivity contribution is -0.138. The minimum Gasteiger partial charge on any atom is -0.494 e. The molecule has 0 fully saturated rings. The molecule has 0 heterocycles. The molecule has 0 radical (unpaired) electrons. The standard InChI is InChI=1S/C34H33Cl2NO7S/c1-3-31(38)43-19-7-5-17-41-26-13-9-24(10-14-26)23-37-33-29(35)21-28(22-30(33)36)45-34(40)25-11-15-27(16-12-25)42-18-6-8-20-44-32(39)4-2/h3-4,9-16,21-23H,1-2,5-8,17-20H2/b37-23+. The van der Waals surface area contributed by atoms with Crippen molar-refractivity contribution in [3.8, 4) is 11.5 Å². The molecule has 0 bridgehead atoms. The van der Waals surface area contributed by atoms with Gasteiger partial charge in [-0.3, -0.25) is 9.79 Å². The second-order valence-corrected chi connectivity index (χ2v) is 11.2. The summed E-state index contributed by atoms with van der Waals surface area (Å²) < 4.78 is 21.3. The molecule has 0 N–H and O–H groups in total. The van der Waals surface area contributed by atoms with Gasteiger partial charge in [0.25, 0.3) is 0 Å². The lowest BCUT2D eigenvalue weighted by Gasteiger charge is -2.08. The fraction of sp³-hybridized carbons (Fsp3) is 0.235. The molecule has 236 valence electrons. The number of benzene rings is 3. The highest BCUT2D eigenvalue weighted by Gasteiger charge is 2.13. The van der Waals surface area contributed by atoms with Crippen molar-refractivity contribution < 1.29 is 33.3 Å². The fourth-order valence-electron chi connectivity index (χ4n) is 3.62. The number of esters is 2. The topological polar surface area (TPSA) is 100 Å². The molecule has 0 amide bonds. The van der Waals surface area contributed by atoms with Crippen LogP contribution >= 0.6 is 35.0 Å². The van der Waals surface area contributed by atoms with E-state index < -0.39 is 11.9 Å². The summed E-state index contributed by atoms with van der Waals surface area (Å²) in [5.74, 6) is 0.474. The van der Waals surface area contributed by atoms with E-state index in [9.17, 15) is 14.4 Å². The van der Waals surface area contributed by atoms with Crippen molar-refractivity contribution in [3.63, 3.8) is 0 Å². The zero-order valence-corrected chi connectivity index (χ0v) is 26.9. The van der Waals surface area contributed by atoms with E-state index in [0.29, 0.717) is 83.4 Å². The van der Waals surface area contributed by atoms with Gasteiger partial charge in [0.1, 0.15) is 17.2 Å². The minimum atomic E-state index is -0.441. The predicted molar refractivity (Wildman–Crippen MR) is 179 cm³/mol. The van der Waals surface area contributed by atoms with Crippen molar-refractivity contribution in [1.82, 2.24) is 0 Å². The van der Waals surface area contributed by atoms with Gasteiger partial charge in [0, 0.05) is 28.8 Å². The maximum Gasteiger partial charge on any atom is 0.330 e. The number of hydrogen-bond donors (Lipinski definition) is 0. The van der Waals surface area contributed by atoms with Gasteiger partial charge in [0.2, 0.25) is 5.12 Å². The Bertz CT molecular complexity index is 1470. The number of nitrogens with zero attached hydrogens (tertiary/aromatic N) is 1. The molecule has 45 heavy (non-hydrogen) atoms. The van der Waals surface area contributed by atoms with Crippen molar-refractivity contribution in [2.24, 2.45) is 4.99 Å². The first-order valence-electron chi connectivity index (χ1n) is 14.1. The van der Waals surface area contributed by atoms with E-state index >= 15 is 0 Å². The van der Waals surface area contributed by atoms with Crippen LogP contribution in [0.1, 0.15) is 41.6 Å². The first-order chi connectivity index (χ1) is 21.8. The number of carbonyl (C=O) groups excluding carboxylic acids is 3. The monoisotopic (exact) mass is 669 g/mol. The van der Waals surface area contributed by atoms with Gasteiger partial charge in [0.05, 0.1) is 36.5 Å². The van der Waals surface area contributed by atoms with Gasteiger partial charge in [-0.15, -0.1) is 0 Å². The molecule has 0 saturated heterocycles.